The molecule has 0 spiro atoms. The zero-order chi connectivity index (χ0) is 16.6. The summed E-state index contributed by atoms with van der Waals surface area (Å²) < 4.78 is 35.6. The number of sulfonamides is 1. The number of aliphatic carboxylic acids is 1. The Morgan fingerprint density at radius 3 is 2.82 bits per heavy atom. The van der Waals surface area contributed by atoms with Gasteiger partial charge >= 0.3 is 5.97 Å². The summed E-state index contributed by atoms with van der Waals surface area (Å²) in [5.74, 6) is -1.62. The Hall–Kier alpha value is -1.23. The monoisotopic (exact) mass is 338 g/mol. The lowest BCUT2D eigenvalue weighted by Crippen LogP contribution is -2.52. The maximum Gasteiger partial charge on any atom is 0.305 e. The summed E-state index contributed by atoms with van der Waals surface area (Å²) in [6.45, 7) is 0.633. The number of carboxylic acid groups (broad SMARTS) is 1. The Morgan fingerprint density at radius 1 is 1.45 bits per heavy atom. The number of nitrogens with zero attached hydrogens (tertiary/aromatic N) is 1. The minimum Gasteiger partial charge on any atom is -0.481 e. The molecule has 9 nitrogen and oxygen atoms in total. The Balaban J connectivity index is 2.50. The van der Waals surface area contributed by atoms with Gasteiger partial charge in [0.15, 0.2) is 0 Å². The lowest BCUT2D eigenvalue weighted by atomic mass is 10.1. The average Bonchev–Trinajstić information content (AvgIpc) is 2.45. The van der Waals surface area contributed by atoms with Gasteiger partial charge in [0.1, 0.15) is 0 Å². The fraction of sp³-hybridized carbons (Fsp3) is 0.833. The van der Waals surface area contributed by atoms with Crippen molar-refractivity contribution in [3.8, 4) is 0 Å². The first-order chi connectivity index (χ1) is 10.4. The fourth-order valence-corrected chi connectivity index (χ4v) is 3.08. The Kier molecular flexibility index (Phi) is 7.73. The highest BCUT2D eigenvalue weighted by Gasteiger charge is 2.29. The topological polar surface area (TPSA) is 122 Å². The van der Waals surface area contributed by atoms with E-state index >= 15 is 0 Å². The minimum absolute atomic E-state index is 0.129. The van der Waals surface area contributed by atoms with Gasteiger partial charge in [-0.1, -0.05) is 0 Å². The molecule has 1 fully saturated rings. The normalized spacial score (nSPS) is 19.1. The maximum absolute atomic E-state index is 12.1. The second-order valence-electron chi connectivity index (χ2n) is 4.90. The van der Waals surface area contributed by atoms with Crippen LogP contribution in [0.1, 0.15) is 12.8 Å². The van der Waals surface area contributed by atoms with E-state index < -0.39 is 27.9 Å². The van der Waals surface area contributed by atoms with Crippen molar-refractivity contribution in [2.45, 2.75) is 18.9 Å². The van der Waals surface area contributed by atoms with Crippen LogP contribution in [0.15, 0.2) is 0 Å². The first-order valence-corrected chi connectivity index (χ1v) is 8.56. The number of morpholine rings is 1. The number of methoxy groups -OCH3 is 1. The van der Waals surface area contributed by atoms with Crippen molar-refractivity contribution in [3.05, 3.63) is 0 Å². The molecule has 0 aliphatic carbocycles. The molecule has 1 rings (SSSR count). The van der Waals surface area contributed by atoms with Crippen molar-refractivity contribution in [3.63, 3.8) is 0 Å². The van der Waals surface area contributed by atoms with E-state index in [9.17, 15) is 18.0 Å². The number of carboxylic acids is 1. The van der Waals surface area contributed by atoms with Crippen molar-refractivity contribution < 1.29 is 32.6 Å². The van der Waals surface area contributed by atoms with Crippen LogP contribution in [0.25, 0.3) is 0 Å². The number of carbonyl (C=O) groups is 2. The molecule has 0 aromatic rings. The van der Waals surface area contributed by atoms with Gasteiger partial charge in [0.2, 0.25) is 15.9 Å². The molecule has 1 unspecified atom stereocenters. The van der Waals surface area contributed by atoms with E-state index in [-0.39, 0.29) is 31.9 Å². The second-order valence-corrected chi connectivity index (χ2v) is 6.83. The van der Waals surface area contributed by atoms with Crippen LogP contribution >= 0.6 is 0 Å². The Bertz CT molecular complexity index is 480. The number of ether oxygens (including phenoxy) is 2. The zero-order valence-electron chi connectivity index (χ0n) is 12.5. The SMILES string of the molecule is COCCCS(=O)(=O)NCC(=O)N1CCOCC1CC(=O)O. The van der Waals surface area contributed by atoms with Crippen molar-refractivity contribution in [2.75, 3.05) is 45.8 Å². The molecule has 22 heavy (non-hydrogen) atoms. The number of carbonyl (C=O) groups excluding carboxylic acids is 1. The van der Waals surface area contributed by atoms with Gasteiger partial charge in [-0.15, -0.1) is 0 Å². The molecule has 1 aliphatic heterocycles. The third kappa shape index (κ3) is 6.69. The molecular weight excluding hydrogens is 316 g/mol. The van der Waals surface area contributed by atoms with Gasteiger partial charge in [-0.25, -0.2) is 13.1 Å². The summed E-state index contributed by atoms with van der Waals surface area (Å²) in [4.78, 5) is 24.2. The first kappa shape index (κ1) is 18.8. The molecule has 1 heterocycles. The predicted molar refractivity (Wildman–Crippen MR) is 76.9 cm³/mol. The molecule has 1 atom stereocenters. The number of nitrogens with one attached hydrogen (secondary N) is 1. The van der Waals surface area contributed by atoms with Crippen LogP contribution < -0.4 is 4.72 Å². The van der Waals surface area contributed by atoms with Gasteiger partial charge in [0, 0.05) is 20.3 Å². The molecule has 0 aromatic heterocycles. The van der Waals surface area contributed by atoms with Crippen LogP contribution in [0.4, 0.5) is 0 Å². The van der Waals surface area contributed by atoms with Gasteiger partial charge in [0.05, 0.1) is 38.0 Å². The standard InChI is InChI=1S/C12H22N2O7S/c1-20-4-2-6-22(18,19)13-8-11(15)14-3-5-21-9-10(14)7-12(16)17/h10,13H,2-9H2,1H3,(H,16,17). The lowest BCUT2D eigenvalue weighted by molar-refractivity contribution is -0.145. The highest BCUT2D eigenvalue weighted by Crippen LogP contribution is 2.11. The maximum atomic E-state index is 12.1. The second kappa shape index (κ2) is 9.03. The van der Waals surface area contributed by atoms with Gasteiger partial charge in [-0.2, -0.15) is 0 Å². The molecule has 128 valence electrons. The van der Waals surface area contributed by atoms with Crippen LogP contribution in [-0.4, -0.2) is 82.1 Å². The molecule has 1 aliphatic rings. The highest BCUT2D eigenvalue weighted by atomic mass is 32.2. The lowest BCUT2D eigenvalue weighted by Gasteiger charge is -2.34. The summed E-state index contributed by atoms with van der Waals surface area (Å²) >= 11 is 0. The van der Waals surface area contributed by atoms with Gasteiger partial charge in [-0.3, -0.25) is 9.59 Å². The number of rotatable bonds is 9. The van der Waals surface area contributed by atoms with Gasteiger partial charge in [0.25, 0.3) is 0 Å². The highest BCUT2D eigenvalue weighted by molar-refractivity contribution is 7.89. The van der Waals surface area contributed by atoms with Crippen molar-refractivity contribution >= 4 is 21.9 Å². The number of hydrogen-bond acceptors (Lipinski definition) is 6. The van der Waals surface area contributed by atoms with Gasteiger partial charge in [-0.05, 0) is 6.42 Å². The van der Waals surface area contributed by atoms with Crippen molar-refractivity contribution in [1.82, 2.24) is 9.62 Å². The molecule has 2 N–H and O–H groups in total. The molecular formula is C12H22N2O7S. The summed E-state index contributed by atoms with van der Waals surface area (Å²) in [5.41, 5.74) is 0. The molecule has 0 saturated carbocycles. The van der Waals surface area contributed by atoms with Crippen molar-refractivity contribution in [2.24, 2.45) is 0 Å². The predicted octanol–water partition coefficient (Wildman–Crippen LogP) is -1.36. The van der Waals surface area contributed by atoms with E-state index in [2.05, 4.69) is 4.72 Å². The molecule has 10 heteroatoms. The van der Waals surface area contributed by atoms with Crippen LogP contribution in [0.5, 0.6) is 0 Å². The quantitative estimate of drug-likeness (QED) is 0.498. The number of amides is 1. The molecule has 0 aromatic carbocycles. The molecule has 0 radical (unpaired) electrons. The zero-order valence-corrected chi connectivity index (χ0v) is 13.3. The molecule has 0 bridgehead atoms. The van der Waals surface area contributed by atoms with E-state index in [0.717, 1.165) is 0 Å². The number of hydrogen-bond donors (Lipinski definition) is 2. The first-order valence-electron chi connectivity index (χ1n) is 6.91. The summed E-state index contributed by atoms with van der Waals surface area (Å²) in [5, 5.41) is 8.83. The van der Waals surface area contributed by atoms with Gasteiger partial charge < -0.3 is 19.5 Å². The third-order valence-electron chi connectivity index (χ3n) is 3.16. The van der Waals surface area contributed by atoms with Crippen LogP contribution in [0.3, 0.4) is 0 Å². The van der Waals surface area contributed by atoms with Crippen LogP contribution in [0, 0.1) is 0 Å². The Morgan fingerprint density at radius 2 is 2.18 bits per heavy atom. The third-order valence-corrected chi connectivity index (χ3v) is 4.57. The molecule has 1 saturated heterocycles. The minimum atomic E-state index is -3.55. The van der Waals surface area contributed by atoms with E-state index in [1.807, 2.05) is 0 Å². The largest absolute Gasteiger partial charge is 0.481 e. The fourth-order valence-electron chi connectivity index (χ4n) is 2.09. The summed E-state index contributed by atoms with van der Waals surface area (Å²) in [7, 11) is -2.08. The van der Waals surface area contributed by atoms with E-state index in [4.69, 9.17) is 14.6 Å². The van der Waals surface area contributed by atoms with Crippen LogP contribution in [-0.2, 0) is 29.1 Å². The van der Waals surface area contributed by atoms with Crippen LogP contribution in [0.2, 0.25) is 0 Å². The van der Waals surface area contributed by atoms with Crippen molar-refractivity contribution in [1.29, 1.82) is 0 Å². The smallest absolute Gasteiger partial charge is 0.305 e. The summed E-state index contributed by atoms with van der Waals surface area (Å²) in [6, 6.07) is -0.572. The van der Waals surface area contributed by atoms with E-state index in [1.165, 1.54) is 12.0 Å². The Labute approximate surface area is 129 Å². The average molecular weight is 338 g/mol. The molecule has 1 amide bonds. The van der Waals surface area contributed by atoms with E-state index in [1.54, 1.807) is 0 Å². The summed E-state index contributed by atoms with van der Waals surface area (Å²) in [6.07, 6.45) is 0.103. The van der Waals surface area contributed by atoms with E-state index in [0.29, 0.717) is 19.6 Å².